The molecule has 0 aliphatic heterocycles. The maximum absolute atomic E-state index is 10.0. The maximum atomic E-state index is 10.0. The van der Waals surface area contributed by atoms with Crippen molar-refractivity contribution in [1.82, 2.24) is 0 Å². The molecule has 1 atom stereocenters. The van der Waals surface area contributed by atoms with E-state index in [0.29, 0.717) is 0 Å². The molecule has 0 aromatic carbocycles. The Morgan fingerprint density at radius 3 is 1.82 bits per heavy atom. The first-order valence-corrected chi connectivity index (χ1v) is 3.03. The highest BCUT2D eigenvalue weighted by molar-refractivity contribution is 4.60. The van der Waals surface area contributed by atoms with Gasteiger partial charge in [-0.25, -0.2) is 0 Å². The summed E-state index contributed by atoms with van der Waals surface area (Å²) in [7, 11) is 0. The number of nitro groups is 2. The van der Waals surface area contributed by atoms with Gasteiger partial charge in [0.25, 0.3) is 0 Å². The first-order valence-electron chi connectivity index (χ1n) is 3.03. The Hall–Kier alpha value is -1.24. The molecule has 11 heavy (non-hydrogen) atoms. The summed E-state index contributed by atoms with van der Waals surface area (Å²) in [6.45, 7) is 1.56. The molecule has 0 aliphatic carbocycles. The highest BCUT2D eigenvalue weighted by Gasteiger charge is 2.38. The lowest BCUT2D eigenvalue weighted by atomic mass is 10.2. The first kappa shape index (κ1) is 9.76. The smallest absolute Gasteiger partial charge is 0.316 e. The van der Waals surface area contributed by atoms with Crippen LogP contribution in [0.1, 0.15) is 13.3 Å². The summed E-state index contributed by atoms with van der Waals surface area (Å²) in [6.07, 6.45) is -1.66. The summed E-state index contributed by atoms with van der Waals surface area (Å²) >= 11 is 0. The van der Waals surface area contributed by atoms with Gasteiger partial charge in [-0.15, -0.1) is 0 Å². The summed E-state index contributed by atoms with van der Waals surface area (Å²) in [6, 6.07) is -1.01. The number of nitrogens with zero attached hydrogens (tertiary/aromatic N) is 2. The lowest BCUT2D eigenvalue weighted by Crippen LogP contribution is -2.45. The average molecular weight is 163 g/mol. The largest absolute Gasteiger partial charge is 0.465 e. The van der Waals surface area contributed by atoms with Crippen molar-refractivity contribution in [3.63, 3.8) is 0 Å². The van der Waals surface area contributed by atoms with Gasteiger partial charge in [0.1, 0.15) is 6.04 Å². The van der Waals surface area contributed by atoms with E-state index < -0.39 is 22.1 Å². The Morgan fingerprint density at radius 2 is 1.73 bits per heavy atom. The molecule has 7 nitrogen and oxygen atoms in total. The Morgan fingerprint density at radius 1 is 1.36 bits per heavy atom. The summed E-state index contributed by atoms with van der Waals surface area (Å²) in [5.41, 5.74) is 5.14. The van der Waals surface area contributed by atoms with E-state index in [1.807, 2.05) is 0 Å². The summed E-state index contributed by atoms with van der Waals surface area (Å²) in [4.78, 5) is 18.1. The number of hydrogen-bond acceptors (Lipinski definition) is 5. The van der Waals surface area contributed by atoms with E-state index in [1.165, 1.54) is 0 Å². The molecule has 0 fully saturated rings. The predicted molar refractivity (Wildman–Crippen MR) is 36.0 cm³/mol. The Labute approximate surface area is 62.5 Å². The molecular formula is C4H9N3O4. The molecule has 0 heterocycles. The fraction of sp³-hybridized carbons (Fsp3) is 1.00. The van der Waals surface area contributed by atoms with Gasteiger partial charge in [-0.05, 0) is 6.42 Å². The van der Waals surface area contributed by atoms with Crippen LogP contribution in [0.3, 0.4) is 0 Å². The minimum atomic E-state index is -1.88. The number of nitrogens with two attached hydrogens (primary N) is 1. The average Bonchev–Trinajstić information content (AvgIpc) is 1.85. The molecule has 0 radical (unpaired) electrons. The third-order valence-electron chi connectivity index (χ3n) is 1.29. The quantitative estimate of drug-likeness (QED) is 0.344. The molecule has 0 amide bonds. The molecule has 0 spiro atoms. The normalized spacial score (nSPS) is 13.0. The third kappa shape index (κ3) is 2.46. The Bertz CT molecular complexity index is 157. The fourth-order valence-electron chi connectivity index (χ4n) is 0.600. The zero-order valence-corrected chi connectivity index (χ0v) is 5.97. The molecule has 7 heteroatoms. The number of rotatable bonds is 4. The molecule has 0 aliphatic rings. The van der Waals surface area contributed by atoms with Crippen LogP contribution in [0, 0.1) is 20.2 Å². The van der Waals surface area contributed by atoms with Crippen LogP contribution in [0.2, 0.25) is 0 Å². The maximum Gasteiger partial charge on any atom is 0.465 e. The highest BCUT2D eigenvalue weighted by Crippen LogP contribution is 1.99. The van der Waals surface area contributed by atoms with E-state index >= 15 is 0 Å². The van der Waals surface area contributed by atoms with Crippen LogP contribution in [-0.4, -0.2) is 22.1 Å². The van der Waals surface area contributed by atoms with Crippen LogP contribution in [0.4, 0.5) is 0 Å². The molecule has 0 saturated heterocycles. The van der Waals surface area contributed by atoms with Crippen LogP contribution < -0.4 is 5.73 Å². The second kappa shape index (κ2) is 3.81. The van der Waals surface area contributed by atoms with Crippen LogP contribution >= 0.6 is 0 Å². The fourth-order valence-corrected chi connectivity index (χ4v) is 0.600. The standard InChI is InChI=1S/C4H9N3O4/c1-2-3(5)4(6(8)9)7(10)11/h3-4H,2,5H2,1H3. The van der Waals surface area contributed by atoms with Crippen LogP contribution in [-0.2, 0) is 0 Å². The summed E-state index contributed by atoms with van der Waals surface area (Å²) in [5.74, 6) is 0. The lowest BCUT2D eigenvalue weighted by Gasteiger charge is -2.06. The summed E-state index contributed by atoms with van der Waals surface area (Å²) in [5, 5.41) is 20.1. The van der Waals surface area contributed by atoms with E-state index in [1.54, 1.807) is 6.92 Å². The van der Waals surface area contributed by atoms with Crippen molar-refractivity contribution in [3.8, 4) is 0 Å². The van der Waals surface area contributed by atoms with Gasteiger partial charge in [0.05, 0.1) is 9.85 Å². The van der Waals surface area contributed by atoms with Crippen molar-refractivity contribution in [2.45, 2.75) is 25.6 Å². The van der Waals surface area contributed by atoms with E-state index in [0.717, 1.165) is 0 Å². The van der Waals surface area contributed by atoms with Crippen molar-refractivity contribution >= 4 is 0 Å². The second-order valence-electron chi connectivity index (χ2n) is 2.06. The van der Waals surface area contributed by atoms with Gasteiger partial charge < -0.3 is 5.73 Å². The zero-order chi connectivity index (χ0) is 9.02. The van der Waals surface area contributed by atoms with Crippen molar-refractivity contribution in [2.24, 2.45) is 5.73 Å². The van der Waals surface area contributed by atoms with E-state index in [4.69, 9.17) is 5.73 Å². The topological polar surface area (TPSA) is 112 Å². The van der Waals surface area contributed by atoms with Gasteiger partial charge in [-0.2, -0.15) is 0 Å². The predicted octanol–water partition coefficient (Wildman–Crippen LogP) is -0.397. The van der Waals surface area contributed by atoms with Crippen LogP contribution in [0.15, 0.2) is 0 Å². The molecule has 0 aromatic heterocycles. The van der Waals surface area contributed by atoms with Gasteiger partial charge in [-0.1, -0.05) is 6.92 Å². The first-order chi connectivity index (χ1) is 5.00. The molecule has 0 bridgehead atoms. The minimum Gasteiger partial charge on any atom is -0.316 e. The van der Waals surface area contributed by atoms with Crippen molar-refractivity contribution < 1.29 is 9.85 Å². The Balaban J connectivity index is 4.34. The van der Waals surface area contributed by atoms with Gasteiger partial charge in [0.15, 0.2) is 0 Å². The zero-order valence-electron chi connectivity index (χ0n) is 5.97. The van der Waals surface area contributed by atoms with Crippen molar-refractivity contribution in [2.75, 3.05) is 0 Å². The molecule has 2 N–H and O–H groups in total. The Kier molecular flexibility index (Phi) is 3.38. The molecule has 0 saturated carbocycles. The molecule has 1 unspecified atom stereocenters. The second-order valence-corrected chi connectivity index (χ2v) is 2.06. The minimum absolute atomic E-state index is 0.215. The highest BCUT2D eigenvalue weighted by atomic mass is 16.7. The monoisotopic (exact) mass is 163 g/mol. The van der Waals surface area contributed by atoms with E-state index in [9.17, 15) is 20.2 Å². The van der Waals surface area contributed by atoms with Crippen LogP contribution in [0.25, 0.3) is 0 Å². The third-order valence-corrected chi connectivity index (χ3v) is 1.29. The molecule has 64 valence electrons. The molecular weight excluding hydrogens is 154 g/mol. The van der Waals surface area contributed by atoms with Gasteiger partial charge in [0.2, 0.25) is 0 Å². The van der Waals surface area contributed by atoms with Gasteiger partial charge in [-0.3, -0.25) is 20.2 Å². The van der Waals surface area contributed by atoms with Crippen molar-refractivity contribution in [1.29, 1.82) is 0 Å². The van der Waals surface area contributed by atoms with E-state index in [-0.39, 0.29) is 6.42 Å². The van der Waals surface area contributed by atoms with Gasteiger partial charge >= 0.3 is 6.17 Å². The molecule has 0 rings (SSSR count). The lowest BCUT2D eigenvalue weighted by molar-refractivity contribution is -0.745. The van der Waals surface area contributed by atoms with E-state index in [2.05, 4.69) is 0 Å². The SMILES string of the molecule is CCC(N)C([N+](=O)[O-])[N+](=O)[O-]. The summed E-state index contributed by atoms with van der Waals surface area (Å²) < 4.78 is 0. The van der Waals surface area contributed by atoms with Crippen molar-refractivity contribution in [3.05, 3.63) is 20.2 Å². The van der Waals surface area contributed by atoms with Gasteiger partial charge in [0, 0.05) is 0 Å². The van der Waals surface area contributed by atoms with Crippen LogP contribution in [0.5, 0.6) is 0 Å². The molecule has 0 aromatic rings. The number of hydrogen-bond donors (Lipinski definition) is 1.